The van der Waals surface area contributed by atoms with Crippen molar-refractivity contribution in [1.29, 1.82) is 0 Å². The van der Waals surface area contributed by atoms with E-state index < -0.39 is 0 Å². The molecule has 2 rings (SSSR count). The number of aromatic nitrogens is 2. The summed E-state index contributed by atoms with van der Waals surface area (Å²) in [5, 5.41) is 14.1. The number of hydrogen-bond acceptors (Lipinski definition) is 5. The third kappa shape index (κ3) is 6.19. The minimum Gasteiger partial charge on any atom is -0.325 e. The first-order chi connectivity index (χ1) is 12.0. The second-order valence-corrected chi connectivity index (χ2v) is 6.78. The fourth-order valence-corrected chi connectivity index (χ4v) is 2.51. The molecule has 0 spiro atoms. The summed E-state index contributed by atoms with van der Waals surface area (Å²) in [6, 6.07) is 11.2. The zero-order valence-electron chi connectivity index (χ0n) is 14.6. The molecule has 1 aromatic heterocycles. The number of nitrogens with zero attached hydrogens (tertiary/aromatic N) is 2. The highest BCUT2D eigenvalue weighted by Gasteiger charge is 2.09. The molecule has 1 heterocycles. The summed E-state index contributed by atoms with van der Waals surface area (Å²) >= 11 is 1.29. The Balaban J connectivity index is 1.81. The van der Waals surface area contributed by atoms with Gasteiger partial charge in [-0.3, -0.25) is 9.59 Å². The largest absolute Gasteiger partial charge is 0.325 e. The van der Waals surface area contributed by atoms with Gasteiger partial charge >= 0.3 is 0 Å². The monoisotopic (exact) mass is 358 g/mol. The van der Waals surface area contributed by atoms with Crippen LogP contribution in [0.5, 0.6) is 0 Å². The zero-order chi connectivity index (χ0) is 18.2. The Morgan fingerprint density at radius 2 is 1.76 bits per heavy atom. The van der Waals surface area contributed by atoms with Crippen molar-refractivity contribution in [3.63, 3.8) is 0 Å². The third-order valence-electron chi connectivity index (χ3n) is 3.41. The molecule has 2 amide bonds. The lowest BCUT2D eigenvalue weighted by atomic mass is 10.1. The molecule has 6 nitrogen and oxygen atoms in total. The molecule has 1 aromatic carbocycles. The van der Waals surface area contributed by atoms with Crippen LogP contribution in [0.3, 0.4) is 0 Å². The van der Waals surface area contributed by atoms with E-state index in [1.165, 1.54) is 17.3 Å². The molecular formula is C18H22N4O2S. The van der Waals surface area contributed by atoms with Crippen LogP contribution in [0.25, 0.3) is 0 Å². The van der Waals surface area contributed by atoms with Crippen LogP contribution >= 0.6 is 11.8 Å². The molecule has 0 radical (unpaired) electrons. The second-order valence-electron chi connectivity index (χ2n) is 5.79. The molecule has 0 unspecified atom stereocenters. The summed E-state index contributed by atoms with van der Waals surface area (Å²) in [5.41, 5.74) is 2.01. The molecule has 132 valence electrons. The molecule has 0 bridgehead atoms. The fourth-order valence-electron chi connectivity index (χ4n) is 1.89. The summed E-state index contributed by atoms with van der Waals surface area (Å²) in [5.74, 6) is 0.313. The maximum atomic E-state index is 12.0. The highest BCUT2D eigenvalue weighted by molar-refractivity contribution is 7.99. The highest BCUT2D eigenvalue weighted by atomic mass is 32.2. The maximum Gasteiger partial charge on any atom is 0.234 e. The molecule has 0 aliphatic heterocycles. The molecule has 0 saturated heterocycles. The number of rotatable bonds is 7. The van der Waals surface area contributed by atoms with Crippen LogP contribution in [0.4, 0.5) is 11.5 Å². The third-order valence-corrected chi connectivity index (χ3v) is 4.33. The van der Waals surface area contributed by atoms with E-state index in [-0.39, 0.29) is 23.5 Å². The smallest absolute Gasteiger partial charge is 0.234 e. The maximum absolute atomic E-state index is 12.0. The first-order valence-corrected chi connectivity index (χ1v) is 9.12. The first-order valence-electron chi connectivity index (χ1n) is 8.14. The molecular weight excluding hydrogens is 336 g/mol. The van der Waals surface area contributed by atoms with Crippen LogP contribution in [-0.2, 0) is 16.0 Å². The van der Waals surface area contributed by atoms with Gasteiger partial charge in [0.05, 0.1) is 5.75 Å². The highest BCUT2D eigenvalue weighted by Crippen LogP contribution is 2.17. The van der Waals surface area contributed by atoms with Gasteiger partial charge in [0, 0.05) is 11.6 Å². The van der Waals surface area contributed by atoms with Crippen molar-refractivity contribution in [2.24, 2.45) is 5.92 Å². The number of aryl methyl sites for hydroxylation is 1. The van der Waals surface area contributed by atoms with E-state index in [9.17, 15) is 9.59 Å². The summed E-state index contributed by atoms with van der Waals surface area (Å²) in [6.07, 6.45) is 0.969. The zero-order valence-corrected chi connectivity index (χ0v) is 15.4. The fraction of sp³-hybridized carbons (Fsp3) is 0.333. The Bertz CT molecular complexity index is 715. The van der Waals surface area contributed by atoms with E-state index in [1.807, 2.05) is 24.3 Å². The van der Waals surface area contributed by atoms with E-state index in [0.29, 0.717) is 10.8 Å². The van der Waals surface area contributed by atoms with Gasteiger partial charge in [-0.25, -0.2) is 0 Å². The summed E-state index contributed by atoms with van der Waals surface area (Å²) in [6.45, 7) is 5.70. The number of nitrogens with one attached hydrogen (secondary N) is 2. The lowest BCUT2D eigenvalue weighted by Gasteiger charge is -2.07. The Kier molecular flexibility index (Phi) is 6.94. The van der Waals surface area contributed by atoms with Gasteiger partial charge in [0.15, 0.2) is 5.82 Å². The molecule has 2 N–H and O–H groups in total. The van der Waals surface area contributed by atoms with Crippen molar-refractivity contribution in [2.45, 2.75) is 32.2 Å². The van der Waals surface area contributed by atoms with Gasteiger partial charge < -0.3 is 10.6 Å². The number of benzene rings is 1. The lowest BCUT2D eigenvalue weighted by Crippen LogP contribution is -2.18. The van der Waals surface area contributed by atoms with Crippen LogP contribution in [0.15, 0.2) is 41.4 Å². The van der Waals surface area contributed by atoms with E-state index in [4.69, 9.17) is 0 Å². The Morgan fingerprint density at radius 1 is 1.04 bits per heavy atom. The summed E-state index contributed by atoms with van der Waals surface area (Å²) in [4.78, 5) is 23.6. The predicted molar refractivity (Wildman–Crippen MR) is 101 cm³/mol. The van der Waals surface area contributed by atoms with Crippen molar-refractivity contribution < 1.29 is 9.59 Å². The van der Waals surface area contributed by atoms with E-state index in [2.05, 4.69) is 27.8 Å². The minimum atomic E-state index is -0.120. The van der Waals surface area contributed by atoms with Crippen molar-refractivity contribution in [2.75, 3.05) is 16.4 Å². The number of thioether (sulfide) groups is 1. The van der Waals surface area contributed by atoms with Crippen LogP contribution in [0, 0.1) is 5.92 Å². The van der Waals surface area contributed by atoms with Gasteiger partial charge in [0.1, 0.15) is 5.03 Å². The Morgan fingerprint density at radius 3 is 2.32 bits per heavy atom. The predicted octanol–water partition coefficient (Wildman–Crippen LogP) is 3.36. The number of carbonyl (C=O) groups is 2. The quantitative estimate of drug-likeness (QED) is 0.742. The van der Waals surface area contributed by atoms with E-state index in [1.54, 1.807) is 26.0 Å². The number of carbonyl (C=O) groups excluding carboxylic acids is 2. The standard InChI is InChI=1S/C18H22N4O2S/c1-4-13-5-7-14(8-6-13)19-16(23)11-25-17-10-9-15(21-22-17)20-18(24)12(2)3/h5-10,12H,4,11H2,1-3H3,(H,19,23)(H,20,21,24). The normalized spacial score (nSPS) is 10.6. The van der Waals surface area contributed by atoms with Gasteiger partial charge in [-0.05, 0) is 36.2 Å². The van der Waals surface area contributed by atoms with Gasteiger partial charge in [-0.15, -0.1) is 10.2 Å². The van der Waals surface area contributed by atoms with Crippen molar-refractivity contribution in [3.8, 4) is 0 Å². The Hall–Kier alpha value is -2.41. The average Bonchev–Trinajstić information content (AvgIpc) is 2.61. The SMILES string of the molecule is CCc1ccc(NC(=O)CSc2ccc(NC(=O)C(C)C)nn2)cc1. The topological polar surface area (TPSA) is 84.0 Å². The van der Waals surface area contributed by atoms with Crippen molar-refractivity contribution in [1.82, 2.24) is 10.2 Å². The van der Waals surface area contributed by atoms with Gasteiger partial charge in [0.25, 0.3) is 0 Å². The number of amides is 2. The minimum absolute atomic E-state index is 0.103. The Labute approximate surface area is 151 Å². The molecule has 0 aliphatic rings. The van der Waals surface area contributed by atoms with Gasteiger partial charge in [-0.2, -0.15) is 0 Å². The average molecular weight is 358 g/mol. The molecule has 7 heteroatoms. The van der Waals surface area contributed by atoms with E-state index in [0.717, 1.165) is 12.1 Å². The molecule has 0 aliphatic carbocycles. The van der Waals surface area contributed by atoms with Crippen LogP contribution in [-0.4, -0.2) is 27.8 Å². The van der Waals surface area contributed by atoms with Gasteiger partial charge in [0.2, 0.25) is 11.8 Å². The molecule has 25 heavy (non-hydrogen) atoms. The lowest BCUT2D eigenvalue weighted by molar-refractivity contribution is -0.119. The van der Waals surface area contributed by atoms with E-state index >= 15 is 0 Å². The first kappa shape index (κ1) is 18.9. The second kappa shape index (κ2) is 9.17. The molecule has 0 saturated carbocycles. The summed E-state index contributed by atoms with van der Waals surface area (Å²) in [7, 11) is 0. The van der Waals surface area contributed by atoms with Crippen LogP contribution in [0.1, 0.15) is 26.3 Å². The molecule has 2 aromatic rings. The summed E-state index contributed by atoms with van der Waals surface area (Å²) < 4.78 is 0. The van der Waals surface area contributed by atoms with Gasteiger partial charge in [-0.1, -0.05) is 44.7 Å². The molecule has 0 atom stereocenters. The van der Waals surface area contributed by atoms with Crippen molar-refractivity contribution >= 4 is 35.1 Å². The number of anilines is 2. The molecule has 0 fully saturated rings. The van der Waals surface area contributed by atoms with Crippen LogP contribution < -0.4 is 10.6 Å². The van der Waals surface area contributed by atoms with Crippen LogP contribution in [0.2, 0.25) is 0 Å². The van der Waals surface area contributed by atoms with Crippen molar-refractivity contribution in [3.05, 3.63) is 42.0 Å². The number of hydrogen-bond donors (Lipinski definition) is 2.